The van der Waals surface area contributed by atoms with E-state index in [-0.39, 0.29) is 18.6 Å². The van der Waals surface area contributed by atoms with Gasteiger partial charge in [-0.2, -0.15) is 5.10 Å². The first-order valence-corrected chi connectivity index (χ1v) is 11.9. The Bertz CT molecular complexity index is 1140. The van der Waals surface area contributed by atoms with Crippen LogP contribution in [-0.4, -0.2) is 60.7 Å². The number of carbonyl (C=O) groups is 1. The van der Waals surface area contributed by atoms with Gasteiger partial charge in [0.2, 0.25) is 11.8 Å². The molecule has 1 aliphatic heterocycles. The van der Waals surface area contributed by atoms with Gasteiger partial charge < -0.3 is 23.8 Å². The van der Waals surface area contributed by atoms with Crippen LogP contribution in [0.4, 0.5) is 0 Å². The van der Waals surface area contributed by atoms with Crippen LogP contribution in [0.25, 0.3) is 5.69 Å². The highest BCUT2D eigenvalue weighted by atomic mass is 35.5. The summed E-state index contributed by atoms with van der Waals surface area (Å²) in [4.78, 5) is 14.7. The van der Waals surface area contributed by atoms with E-state index in [1.54, 1.807) is 28.8 Å². The molecule has 2 heterocycles. The average Bonchev–Trinajstić information content (AvgIpc) is 3.48. The summed E-state index contributed by atoms with van der Waals surface area (Å²) in [5.74, 6) is 1.51. The van der Waals surface area contributed by atoms with Gasteiger partial charge in [-0.05, 0) is 56.2 Å². The summed E-state index contributed by atoms with van der Waals surface area (Å²) >= 11 is 6.11. The first kappa shape index (κ1) is 25.0. The molecule has 1 fully saturated rings. The molecule has 0 N–H and O–H groups in total. The Morgan fingerprint density at radius 2 is 1.91 bits per heavy atom. The molecular weight excluding hydrogens is 470 g/mol. The molecule has 1 saturated heterocycles. The first-order chi connectivity index (χ1) is 17.0. The molecule has 1 aromatic heterocycles. The Balaban J connectivity index is 1.75. The quantitative estimate of drug-likeness (QED) is 0.399. The Labute approximate surface area is 210 Å². The number of hydrogen-bond donors (Lipinski definition) is 0. The maximum absolute atomic E-state index is 13.0. The van der Waals surface area contributed by atoms with E-state index in [2.05, 4.69) is 0 Å². The largest absolute Gasteiger partial charge is 0.493 e. The summed E-state index contributed by atoms with van der Waals surface area (Å²) in [6.45, 7) is 3.38. The number of methoxy groups -OCH3 is 2. The standard InChI is InChI=1S/C26H30ClN3O5/c1-18-22(16-29(25(31)17-32-2)15-21-7-6-14-34-21)26(35-24-9-5-4-8-23(24)33-3)30(28-18)20-12-10-19(27)11-13-20/h4-5,8-13,21H,6-7,14-17H2,1-3H3. The van der Waals surface area contributed by atoms with Gasteiger partial charge in [0.1, 0.15) is 6.61 Å². The molecule has 9 heteroatoms. The predicted molar refractivity (Wildman–Crippen MR) is 133 cm³/mol. The van der Waals surface area contributed by atoms with Crippen molar-refractivity contribution < 1.29 is 23.7 Å². The van der Waals surface area contributed by atoms with Crippen molar-refractivity contribution in [2.24, 2.45) is 0 Å². The molecule has 186 valence electrons. The summed E-state index contributed by atoms with van der Waals surface area (Å²) in [5.41, 5.74) is 2.31. The number of para-hydroxylation sites is 2. The van der Waals surface area contributed by atoms with E-state index in [1.807, 2.05) is 43.3 Å². The molecule has 1 amide bonds. The molecule has 0 aliphatic carbocycles. The summed E-state index contributed by atoms with van der Waals surface area (Å²) in [6, 6.07) is 14.7. The van der Waals surface area contributed by atoms with Gasteiger partial charge in [-0.3, -0.25) is 4.79 Å². The van der Waals surface area contributed by atoms with E-state index in [9.17, 15) is 4.79 Å². The van der Waals surface area contributed by atoms with Crippen molar-refractivity contribution in [3.05, 3.63) is 64.8 Å². The van der Waals surface area contributed by atoms with Gasteiger partial charge in [-0.25, -0.2) is 4.68 Å². The van der Waals surface area contributed by atoms with E-state index in [1.165, 1.54) is 7.11 Å². The highest BCUT2D eigenvalue weighted by molar-refractivity contribution is 6.30. The van der Waals surface area contributed by atoms with Crippen LogP contribution >= 0.6 is 11.6 Å². The van der Waals surface area contributed by atoms with E-state index in [0.29, 0.717) is 42.1 Å². The van der Waals surface area contributed by atoms with Gasteiger partial charge in [0.05, 0.1) is 36.7 Å². The minimum atomic E-state index is -0.120. The average molecular weight is 500 g/mol. The summed E-state index contributed by atoms with van der Waals surface area (Å²) < 4.78 is 24.6. The first-order valence-electron chi connectivity index (χ1n) is 11.5. The van der Waals surface area contributed by atoms with Gasteiger partial charge in [0.15, 0.2) is 11.5 Å². The minimum Gasteiger partial charge on any atom is -0.493 e. The molecular formula is C26H30ClN3O5. The number of aromatic nitrogens is 2. The number of nitrogens with zero attached hydrogens (tertiary/aromatic N) is 3. The number of hydrogen-bond acceptors (Lipinski definition) is 6. The van der Waals surface area contributed by atoms with Crippen molar-refractivity contribution >= 4 is 17.5 Å². The number of halogens is 1. The highest BCUT2D eigenvalue weighted by Gasteiger charge is 2.27. The molecule has 1 unspecified atom stereocenters. The fraction of sp³-hybridized carbons (Fsp3) is 0.385. The lowest BCUT2D eigenvalue weighted by atomic mass is 10.2. The monoisotopic (exact) mass is 499 g/mol. The third-order valence-electron chi connectivity index (χ3n) is 5.90. The number of ether oxygens (including phenoxy) is 4. The maximum Gasteiger partial charge on any atom is 0.248 e. The molecule has 0 saturated carbocycles. The van der Waals surface area contributed by atoms with Crippen LogP contribution in [0, 0.1) is 6.92 Å². The fourth-order valence-electron chi connectivity index (χ4n) is 4.08. The van der Waals surface area contributed by atoms with Crippen LogP contribution in [0.15, 0.2) is 48.5 Å². The Kier molecular flexibility index (Phi) is 8.28. The molecule has 0 bridgehead atoms. The maximum atomic E-state index is 13.0. The van der Waals surface area contributed by atoms with Crippen LogP contribution in [-0.2, 0) is 20.8 Å². The van der Waals surface area contributed by atoms with Crippen molar-refractivity contribution in [3.63, 3.8) is 0 Å². The zero-order chi connectivity index (χ0) is 24.8. The molecule has 0 spiro atoms. The van der Waals surface area contributed by atoms with Gasteiger partial charge in [-0.15, -0.1) is 0 Å². The SMILES string of the molecule is COCC(=O)N(Cc1c(C)nn(-c2ccc(Cl)cc2)c1Oc1ccccc1OC)CC1CCCO1. The van der Waals surface area contributed by atoms with Crippen LogP contribution < -0.4 is 9.47 Å². The second-order valence-corrected chi connectivity index (χ2v) is 8.79. The zero-order valence-electron chi connectivity index (χ0n) is 20.2. The lowest BCUT2D eigenvalue weighted by Gasteiger charge is -2.25. The van der Waals surface area contributed by atoms with E-state index < -0.39 is 0 Å². The minimum absolute atomic E-state index is 0.000933. The van der Waals surface area contributed by atoms with E-state index in [4.69, 9.17) is 35.6 Å². The Morgan fingerprint density at radius 3 is 2.57 bits per heavy atom. The fourth-order valence-corrected chi connectivity index (χ4v) is 4.21. The zero-order valence-corrected chi connectivity index (χ0v) is 21.0. The smallest absolute Gasteiger partial charge is 0.248 e. The molecule has 4 rings (SSSR count). The molecule has 0 radical (unpaired) electrons. The molecule has 35 heavy (non-hydrogen) atoms. The normalized spacial score (nSPS) is 15.3. The second-order valence-electron chi connectivity index (χ2n) is 8.35. The summed E-state index contributed by atoms with van der Waals surface area (Å²) in [5, 5.41) is 5.38. The topological polar surface area (TPSA) is 75.1 Å². The van der Waals surface area contributed by atoms with Gasteiger partial charge >= 0.3 is 0 Å². The third-order valence-corrected chi connectivity index (χ3v) is 6.15. The third kappa shape index (κ3) is 5.96. The van der Waals surface area contributed by atoms with Crippen molar-refractivity contribution in [3.8, 4) is 23.1 Å². The Hall–Kier alpha value is -3.07. The number of aryl methyl sites for hydroxylation is 1. The Morgan fingerprint density at radius 1 is 1.17 bits per heavy atom. The predicted octanol–water partition coefficient (Wildman–Crippen LogP) is 4.79. The number of rotatable bonds is 10. The van der Waals surface area contributed by atoms with Crippen LogP contribution in [0.1, 0.15) is 24.1 Å². The van der Waals surface area contributed by atoms with Crippen molar-refractivity contribution in [1.82, 2.24) is 14.7 Å². The van der Waals surface area contributed by atoms with E-state index >= 15 is 0 Å². The summed E-state index contributed by atoms with van der Waals surface area (Å²) in [7, 11) is 3.11. The van der Waals surface area contributed by atoms with Gasteiger partial charge in [0.25, 0.3) is 0 Å². The number of benzene rings is 2. The van der Waals surface area contributed by atoms with Gasteiger partial charge in [-0.1, -0.05) is 23.7 Å². The van der Waals surface area contributed by atoms with E-state index in [0.717, 1.165) is 29.8 Å². The second kappa shape index (κ2) is 11.6. The van der Waals surface area contributed by atoms with Crippen LogP contribution in [0.2, 0.25) is 5.02 Å². The molecule has 3 aromatic rings. The number of carbonyl (C=O) groups excluding carboxylic acids is 1. The highest BCUT2D eigenvalue weighted by Crippen LogP contribution is 2.36. The van der Waals surface area contributed by atoms with Crippen molar-refractivity contribution in [1.29, 1.82) is 0 Å². The lowest BCUT2D eigenvalue weighted by Crippen LogP contribution is -2.39. The van der Waals surface area contributed by atoms with Crippen LogP contribution in [0.3, 0.4) is 0 Å². The van der Waals surface area contributed by atoms with Gasteiger partial charge in [0, 0.05) is 25.3 Å². The molecule has 8 nitrogen and oxygen atoms in total. The molecule has 1 aliphatic rings. The number of amides is 1. The molecule has 1 atom stereocenters. The van der Waals surface area contributed by atoms with Crippen LogP contribution in [0.5, 0.6) is 17.4 Å². The molecule has 2 aromatic carbocycles. The summed E-state index contributed by atoms with van der Waals surface area (Å²) in [6.07, 6.45) is 1.91. The van der Waals surface area contributed by atoms with Crippen molar-refractivity contribution in [2.75, 3.05) is 34.0 Å². The lowest BCUT2D eigenvalue weighted by molar-refractivity contribution is -0.137. The van der Waals surface area contributed by atoms with Crippen molar-refractivity contribution in [2.45, 2.75) is 32.4 Å².